The van der Waals surface area contributed by atoms with Crippen molar-refractivity contribution in [1.29, 1.82) is 0 Å². The highest BCUT2D eigenvalue weighted by Gasteiger charge is 2.52. The summed E-state index contributed by atoms with van der Waals surface area (Å²) in [6.07, 6.45) is 11.6. The fraction of sp³-hybridized carbons (Fsp3) is 0.789. The van der Waals surface area contributed by atoms with Gasteiger partial charge in [-0.25, -0.2) is 0 Å². The number of carbonyl (C=O) groups excluding carboxylic acids is 1. The second kappa shape index (κ2) is 6.51. The maximum atomic E-state index is 13.0. The van der Waals surface area contributed by atoms with Crippen LogP contribution in [0.2, 0.25) is 0 Å². The molecule has 4 aliphatic rings. The molecule has 0 radical (unpaired) electrons. The molecule has 1 heterocycles. The number of amides is 1. The molecule has 132 valence electrons. The van der Waals surface area contributed by atoms with Gasteiger partial charge in [-0.05, 0) is 31.1 Å². The van der Waals surface area contributed by atoms with Gasteiger partial charge in [-0.3, -0.25) is 14.5 Å². The molecule has 2 bridgehead atoms. The van der Waals surface area contributed by atoms with Crippen LogP contribution in [0.4, 0.5) is 0 Å². The average Bonchev–Trinajstić information content (AvgIpc) is 3.23. The van der Waals surface area contributed by atoms with Crippen molar-refractivity contribution in [3.8, 4) is 0 Å². The minimum absolute atomic E-state index is 0.0602. The van der Waals surface area contributed by atoms with Crippen molar-refractivity contribution in [2.45, 2.75) is 44.6 Å². The molecule has 0 spiro atoms. The maximum absolute atomic E-state index is 13.0. The first kappa shape index (κ1) is 16.1. The minimum Gasteiger partial charge on any atom is -0.481 e. The van der Waals surface area contributed by atoms with Crippen LogP contribution in [0, 0.1) is 23.7 Å². The highest BCUT2D eigenvalue weighted by atomic mass is 16.4. The molecule has 0 aromatic heterocycles. The molecule has 0 aromatic rings. The van der Waals surface area contributed by atoms with Gasteiger partial charge in [0.15, 0.2) is 0 Å². The lowest BCUT2D eigenvalue weighted by molar-refractivity contribution is -0.151. The monoisotopic (exact) mass is 332 g/mol. The summed E-state index contributed by atoms with van der Waals surface area (Å²) >= 11 is 0. The molecule has 2 saturated carbocycles. The van der Waals surface area contributed by atoms with E-state index in [4.69, 9.17) is 0 Å². The Labute approximate surface area is 143 Å². The summed E-state index contributed by atoms with van der Waals surface area (Å²) in [6.45, 7) is 3.42. The van der Waals surface area contributed by atoms with Crippen LogP contribution in [0.1, 0.15) is 38.5 Å². The van der Waals surface area contributed by atoms with Crippen LogP contribution in [0.25, 0.3) is 0 Å². The van der Waals surface area contributed by atoms with Crippen molar-refractivity contribution < 1.29 is 14.7 Å². The Bertz CT molecular complexity index is 533. The summed E-state index contributed by atoms with van der Waals surface area (Å²) < 4.78 is 0. The fourth-order valence-corrected chi connectivity index (χ4v) is 5.46. The summed E-state index contributed by atoms with van der Waals surface area (Å²) in [5, 5.41) is 9.55. The number of carboxylic acids is 1. The second-order valence-electron chi connectivity index (χ2n) is 7.99. The van der Waals surface area contributed by atoms with Gasteiger partial charge in [-0.1, -0.05) is 31.4 Å². The van der Waals surface area contributed by atoms with Crippen LogP contribution in [0.15, 0.2) is 12.2 Å². The molecule has 4 atom stereocenters. The Balaban J connectivity index is 1.38. The number of hydrogen-bond donors (Lipinski definition) is 1. The summed E-state index contributed by atoms with van der Waals surface area (Å²) in [5.74, 6) is -1.36. The number of fused-ring (bicyclic) bond motifs is 2. The molecule has 0 unspecified atom stereocenters. The smallest absolute Gasteiger partial charge is 0.307 e. The molecule has 1 aliphatic heterocycles. The van der Waals surface area contributed by atoms with E-state index in [0.717, 1.165) is 32.6 Å². The zero-order valence-corrected chi connectivity index (χ0v) is 14.3. The van der Waals surface area contributed by atoms with Crippen molar-refractivity contribution in [3.63, 3.8) is 0 Å². The Morgan fingerprint density at radius 2 is 1.50 bits per heavy atom. The normalized spacial score (nSPS) is 37.1. The number of carboxylic acid groups (broad SMARTS) is 1. The van der Waals surface area contributed by atoms with E-state index in [1.165, 1.54) is 32.1 Å². The molecule has 1 N–H and O–H groups in total. The average molecular weight is 332 g/mol. The van der Waals surface area contributed by atoms with Gasteiger partial charge in [0.2, 0.25) is 5.91 Å². The van der Waals surface area contributed by atoms with Crippen molar-refractivity contribution >= 4 is 11.9 Å². The van der Waals surface area contributed by atoms with Crippen molar-refractivity contribution in [1.82, 2.24) is 9.80 Å². The molecule has 1 saturated heterocycles. The quantitative estimate of drug-likeness (QED) is 0.803. The molecule has 0 aromatic carbocycles. The third kappa shape index (κ3) is 2.77. The zero-order valence-electron chi connectivity index (χ0n) is 14.3. The summed E-state index contributed by atoms with van der Waals surface area (Å²) in [4.78, 5) is 29.1. The van der Waals surface area contributed by atoms with Gasteiger partial charge in [-0.15, -0.1) is 0 Å². The fourth-order valence-electron chi connectivity index (χ4n) is 5.46. The van der Waals surface area contributed by atoms with Crippen molar-refractivity contribution in [2.75, 3.05) is 26.2 Å². The van der Waals surface area contributed by atoms with E-state index >= 15 is 0 Å². The van der Waals surface area contributed by atoms with E-state index < -0.39 is 11.9 Å². The minimum atomic E-state index is -0.800. The molecular weight excluding hydrogens is 304 g/mol. The molecule has 4 rings (SSSR count). The lowest BCUT2D eigenvalue weighted by Gasteiger charge is -2.42. The van der Waals surface area contributed by atoms with Crippen LogP contribution in [0.3, 0.4) is 0 Å². The number of nitrogens with zero attached hydrogens (tertiary/aromatic N) is 2. The second-order valence-corrected chi connectivity index (χ2v) is 7.99. The van der Waals surface area contributed by atoms with Crippen LogP contribution in [-0.4, -0.2) is 59.0 Å². The third-order valence-electron chi connectivity index (χ3n) is 6.75. The lowest BCUT2D eigenvalue weighted by Crippen LogP contribution is -2.54. The van der Waals surface area contributed by atoms with Gasteiger partial charge >= 0.3 is 5.97 Å². The van der Waals surface area contributed by atoms with Crippen LogP contribution < -0.4 is 0 Å². The standard InChI is InChI=1S/C19H28N2O3/c22-18(16-13-6-7-14(12-13)17(16)19(23)24)21-10-8-20(9-11-21)15-4-2-1-3-5-15/h6-7,13-17H,1-5,8-12H2,(H,23,24)/t13-,14+,16-,17-/m0/s1. The van der Waals surface area contributed by atoms with E-state index in [1.807, 2.05) is 11.0 Å². The number of hydrogen-bond acceptors (Lipinski definition) is 3. The molecule has 5 nitrogen and oxygen atoms in total. The Morgan fingerprint density at radius 1 is 0.875 bits per heavy atom. The van der Waals surface area contributed by atoms with Crippen molar-refractivity contribution in [2.24, 2.45) is 23.7 Å². The van der Waals surface area contributed by atoms with Gasteiger partial charge in [0.1, 0.15) is 0 Å². The first-order valence-corrected chi connectivity index (χ1v) is 9.59. The number of rotatable bonds is 3. The molecule has 24 heavy (non-hydrogen) atoms. The van der Waals surface area contributed by atoms with E-state index in [0.29, 0.717) is 6.04 Å². The molecule has 3 aliphatic carbocycles. The largest absolute Gasteiger partial charge is 0.481 e. The third-order valence-corrected chi connectivity index (χ3v) is 6.75. The van der Waals surface area contributed by atoms with Crippen LogP contribution in [-0.2, 0) is 9.59 Å². The van der Waals surface area contributed by atoms with Gasteiger partial charge in [0, 0.05) is 32.2 Å². The highest BCUT2D eigenvalue weighted by molar-refractivity contribution is 5.87. The molecule has 3 fully saturated rings. The first-order valence-electron chi connectivity index (χ1n) is 9.59. The SMILES string of the molecule is O=C(O)[C@@H]1[C@@H](C(=O)N2CCN(C3CCCCC3)CC2)[C@H]2C=C[C@@H]1C2. The van der Waals surface area contributed by atoms with E-state index in [1.54, 1.807) is 0 Å². The Kier molecular flexibility index (Phi) is 4.37. The topological polar surface area (TPSA) is 60.9 Å². The van der Waals surface area contributed by atoms with E-state index in [-0.39, 0.29) is 23.7 Å². The van der Waals surface area contributed by atoms with Crippen molar-refractivity contribution in [3.05, 3.63) is 12.2 Å². The van der Waals surface area contributed by atoms with E-state index in [2.05, 4.69) is 11.0 Å². The van der Waals surface area contributed by atoms with Gasteiger partial charge in [-0.2, -0.15) is 0 Å². The summed E-state index contributed by atoms with van der Waals surface area (Å²) in [5.41, 5.74) is 0. The van der Waals surface area contributed by atoms with E-state index in [9.17, 15) is 14.7 Å². The predicted octanol–water partition coefficient (Wildman–Crippen LogP) is 1.99. The van der Waals surface area contributed by atoms with Gasteiger partial charge in [0.05, 0.1) is 11.8 Å². The molecular formula is C19H28N2O3. The van der Waals surface area contributed by atoms with Gasteiger partial charge in [0.25, 0.3) is 0 Å². The number of allylic oxidation sites excluding steroid dienone is 2. The Hall–Kier alpha value is -1.36. The summed E-state index contributed by atoms with van der Waals surface area (Å²) in [6, 6.07) is 0.702. The lowest BCUT2D eigenvalue weighted by atomic mass is 9.82. The Morgan fingerprint density at radius 3 is 2.12 bits per heavy atom. The first-order chi connectivity index (χ1) is 11.6. The molecule has 1 amide bonds. The zero-order chi connectivity index (χ0) is 16.7. The number of carbonyl (C=O) groups is 2. The van der Waals surface area contributed by atoms with Crippen LogP contribution in [0.5, 0.6) is 0 Å². The number of aliphatic carboxylic acids is 1. The highest BCUT2D eigenvalue weighted by Crippen LogP contribution is 2.48. The number of piperazine rings is 1. The summed E-state index contributed by atoms with van der Waals surface area (Å²) in [7, 11) is 0. The van der Waals surface area contributed by atoms with Gasteiger partial charge < -0.3 is 10.0 Å². The predicted molar refractivity (Wildman–Crippen MR) is 90.4 cm³/mol. The van der Waals surface area contributed by atoms with Crippen LogP contribution >= 0.6 is 0 Å². The maximum Gasteiger partial charge on any atom is 0.307 e. The molecule has 5 heteroatoms.